The third kappa shape index (κ3) is 3.32. The number of nitrogens with two attached hydrogens (primary N) is 1. The molecule has 3 N–H and O–H groups in total. The Morgan fingerprint density at radius 2 is 2.13 bits per heavy atom. The fourth-order valence-electron chi connectivity index (χ4n) is 3.52. The van der Waals surface area contributed by atoms with Crippen molar-refractivity contribution < 1.29 is 9.59 Å². The number of thioether (sulfide) groups is 1. The molecule has 1 saturated heterocycles. The Kier molecular flexibility index (Phi) is 4.80. The molecule has 2 amide bonds. The first-order valence-corrected chi connectivity index (χ1v) is 9.51. The van der Waals surface area contributed by atoms with Gasteiger partial charge in [-0.1, -0.05) is 0 Å². The second kappa shape index (κ2) is 6.83. The number of nitrogens with zero attached hydrogens (tertiary/aromatic N) is 1. The molecular weight excluding hydrogens is 310 g/mol. The Hall–Kier alpha value is -1.69. The Labute approximate surface area is 141 Å². The molecule has 5 nitrogen and oxygen atoms in total. The molecule has 2 aliphatic heterocycles. The van der Waals surface area contributed by atoms with Crippen LogP contribution in [0, 0.1) is 0 Å². The van der Waals surface area contributed by atoms with Gasteiger partial charge in [-0.15, -0.1) is 0 Å². The molecule has 124 valence electrons. The van der Waals surface area contributed by atoms with Crippen LogP contribution >= 0.6 is 11.8 Å². The lowest BCUT2D eigenvalue weighted by atomic mass is 9.86. The van der Waals surface area contributed by atoms with Crippen LogP contribution in [-0.4, -0.2) is 36.9 Å². The summed E-state index contributed by atoms with van der Waals surface area (Å²) in [6.45, 7) is 1.87. The minimum Gasteiger partial charge on any atom is -0.371 e. The number of fused-ring (bicyclic) bond motifs is 1. The fourth-order valence-corrected chi connectivity index (χ4v) is 4.04. The number of primary amides is 1. The first-order chi connectivity index (χ1) is 11.1. The third-order valence-corrected chi connectivity index (χ3v) is 5.34. The van der Waals surface area contributed by atoms with Crippen molar-refractivity contribution in [1.82, 2.24) is 0 Å². The Bertz CT molecular complexity index is 627. The molecule has 1 atom stereocenters. The lowest BCUT2D eigenvalue weighted by Gasteiger charge is -2.29. The molecule has 0 bridgehead atoms. The lowest BCUT2D eigenvalue weighted by Crippen LogP contribution is -2.27. The highest BCUT2D eigenvalue weighted by Gasteiger charge is 2.28. The van der Waals surface area contributed by atoms with Gasteiger partial charge in [-0.3, -0.25) is 9.59 Å². The van der Waals surface area contributed by atoms with Gasteiger partial charge in [0.1, 0.15) is 0 Å². The number of anilines is 2. The van der Waals surface area contributed by atoms with Gasteiger partial charge in [-0.05, 0) is 54.9 Å². The molecule has 23 heavy (non-hydrogen) atoms. The smallest absolute Gasteiger partial charge is 0.250 e. The van der Waals surface area contributed by atoms with E-state index in [1.54, 1.807) is 11.8 Å². The second-order valence-corrected chi connectivity index (χ2v) is 7.23. The van der Waals surface area contributed by atoms with Crippen LogP contribution in [0.15, 0.2) is 12.1 Å². The van der Waals surface area contributed by atoms with Crippen LogP contribution in [0.3, 0.4) is 0 Å². The number of benzene rings is 1. The monoisotopic (exact) mass is 333 g/mol. The average Bonchev–Trinajstić information content (AvgIpc) is 3.05. The predicted molar refractivity (Wildman–Crippen MR) is 95.4 cm³/mol. The second-order valence-electron chi connectivity index (χ2n) is 6.25. The van der Waals surface area contributed by atoms with E-state index in [0.29, 0.717) is 12.0 Å². The topological polar surface area (TPSA) is 75.4 Å². The van der Waals surface area contributed by atoms with Gasteiger partial charge in [0.25, 0.3) is 5.91 Å². The van der Waals surface area contributed by atoms with Crippen molar-refractivity contribution in [3.05, 3.63) is 23.3 Å². The zero-order chi connectivity index (χ0) is 16.4. The number of hydrogen-bond donors (Lipinski definition) is 2. The van der Waals surface area contributed by atoms with Gasteiger partial charge in [0.05, 0.1) is 11.3 Å². The molecule has 0 saturated carbocycles. The van der Waals surface area contributed by atoms with Gasteiger partial charge in [0.2, 0.25) is 5.91 Å². The summed E-state index contributed by atoms with van der Waals surface area (Å²) >= 11 is 1.77. The molecule has 1 unspecified atom stereocenters. The normalized spacial score (nSPS) is 20.3. The fraction of sp³-hybridized carbons (Fsp3) is 0.529. The zero-order valence-electron chi connectivity index (χ0n) is 13.4. The van der Waals surface area contributed by atoms with Gasteiger partial charge in [-0.25, -0.2) is 0 Å². The van der Waals surface area contributed by atoms with Gasteiger partial charge in [-0.2, -0.15) is 11.8 Å². The van der Waals surface area contributed by atoms with Gasteiger partial charge in [0, 0.05) is 25.2 Å². The Morgan fingerprint density at radius 1 is 1.39 bits per heavy atom. The van der Waals surface area contributed by atoms with Gasteiger partial charge < -0.3 is 16.0 Å². The Morgan fingerprint density at radius 3 is 2.78 bits per heavy atom. The van der Waals surface area contributed by atoms with Crippen molar-refractivity contribution >= 4 is 35.0 Å². The van der Waals surface area contributed by atoms with Crippen LogP contribution in [0.4, 0.5) is 11.4 Å². The average molecular weight is 333 g/mol. The van der Waals surface area contributed by atoms with Gasteiger partial charge in [0.15, 0.2) is 0 Å². The molecule has 0 aromatic heterocycles. The highest BCUT2D eigenvalue weighted by Crippen LogP contribution is 2.39. The number of amides is 2. The zero-order valence-corrected chi connectivity index (χ0v) is 14.2. The van der Waals surface area contributed by atoms with E-state index in [1.807, 2.05) is 12.1 Å². The minimum atomic E-state index is -0.393. The van der Waals surface area contributed by atoms with E-state index < -0.39 is 5.91 Å². The van der Waals surface area contributed by atoms with Crippen molar-refractivity contribution in [3.8, 4) is 0 Å². The maximum atomic E-state index is 12.0. The van der Waals surface area contributed by atoms with Crippen molar-refractivity contribution in [3.63, 3.8) is 0 Å². The van der Waals surface area contributed by atoms with E-state index in [1.165, 1.54) is 0 Å². The number of hydrogen-bond acceptors (Lipinski definition) is 4. The van der Waals surface area contributed by atoms with E-state index in [2.05, 4.69) is 16.5 Å². The van der Waals surface area contributed by atoms with E-state index >= 15 is 0 Å². The van der Waals surface area contributed by atoms with Crippen molar-refractivity contribution in [2.75, 3.05) is 35.3 Å². The number of nitrogens with one attached hydrogen (secondary N) is 1. The molecule has 1 aromatic rings. The van der Waals surface area contributed by atoms with Crippen LogP contribution < -0.4 is 16.0 Å². The highest BCUT2D eigenvalue weighted by atomic mass is 32.2. The van der Waals surface area contributed by atoms with Crippen LogP contribution in [-0.2, 0) is 4.79 Å². The molecule has 3 rings (SSSR count). The van der Waals surface area contributed by atoms with E-state index in [9.17, 15) is 9.59 Å². The van der Waals surface area contributed by atoms with Crippen LogP contribution in [0.5, 0.6) is 0 Å². The van der Waals surface area contributed by atoms with Gasteiger partial charge >= 0.3 is 0 Å². The van der Waals surface area contributed by atoms with E-state index in [-0.39, 0.29) is 11.8 Å². The number of carbonyl (C=O) groups excluding carboxylic acids is 2. The summed E-state index contributed by atoms with van der Waals surface area (Å²) in [5, 5.41) is 2.97. The van der Waals surface area contributed by atoms with Crippen molar-refractivity contribution in [1.29, 1.82) is 0 Å². The minimum absolute atomic E-state index is 0.0581. The first kappa shape index (κ1) is 16.2. The highest BCUT2D eigenvalue weighted by molar-refractivity contribution is 7.98. The van der Waals surface area contributed by atoms with Crippen LogP contribution in [0.2, 0.25) is 0 Å². The lowest BCUT2D eigenvalue weighted by molar-refractivity contribution is -0.116. The third-order valence-electron chi connectivity index (χ3n) is 4.70. The largest absolute Gasteiger partial charge is 0.371 e. The van der Waals surface area contributed by atoms with E-state index in [4.69, 9.17) is 5.73 Å². The molecule has 0 radical (unpaired) electrons. The molecule has 1 fully saturated rings. The Balaban J connectivity index is 2.03. The molecule has 1 aromatic carbocycles. The van der Waals surface area contributed by atoms with Crippen molar-refractivity contribution in [2.24, 2.45) is 5.73 Å². The molecule has 0 spiro atoms. The van der Waals surface area contributed by atoms with E-state index in [0.717, 1.165) is 55.0 Å². The standard InChI is InChI=1S/C17H23N3O2S/c1-23-7-4-11-8-16(21)19-14-10-15(20-5-2-3-6-20)13(17(18)22)9-12(11)14/h9-11H,2-8H2,1H3,(H2,18,22)(H,19,21). The first-order valence-electron chi connectivity index (χ1n) is 8.11. The maximum absolute atomic E-state index is 12.0. The molecule has 6 heteroatoms. The SMILES string of the molecule is CSCCC1CC(=O)Nc2cc(N3CCCC3)c(C(N)=O)cc21. The molecular formula is C17H23N3O2S. The maximum Gasteiger partial charge on any atom is 0.250 e. The summed E-state index contributed by atoms with van der Waals surface area (Å²) < 4.78 is 0. The molecule has 0 aliphatic carbocycles. The number of carbonyl (C=O) groups is 2. The molecule has 2 aliphatic rings. The summed E-state index contributed by atoms with van der Waals surface area (Å²) in [4.78, 5) is 26.2. The van der Waals surface area contributed by atoms with Crippen LogP contribution in [0.25, 0.3) is 0 Å². The van der Waals surface area contributed by atoms with Crippen LogP contribution in [0.1, 0.15) is 47.5 Å². The van der Waals surface area contributed by atoms with Crippen molar-refractivity contribution in [2.45, 2.75) is 31.6 Å². The number of rotatable bonds is 5. The predicted octanol–water partition coefficient (Wildman–Crippen LogP) is 2.56. The summed E-state index contributed by atoms with van der Waals surface area (Å²) in [6.07, 6.45) is 5.72. The summed E-state index contributed by atoms with van der Waals surface area (Å²) in [5.41, 5.74) is 8.97. The summed E-state index contributed by atoms with van der Waals surface area (Å²) in [5.74, 6) is 0.826. The summed E-state index contributed by atoms with van der Waals surface area (Å²) in [7, 11) is 0. The quantitative estimate of drug-likeness (QED) is 0.868. The molecule has 2 heterocycles. The summed E-state index contributed by atoms with van der Waals surface area (Å²) in [6, 6.07) is 3.86.